The minimum atomic E-state index is 0. The molecule has 1 unspecified atom stereocenters. The molecule has 0 aliphatic carbocycles. The summed E-state index contributed by atoms with van der Waals surface area (Å²) in [7, 11) is 1.92. The van der Waals surface area contributed by atoms with Crippen molar-refractivity contribution in [2.75, 3.05) is 33.2 Å². The molecule has 6 heteroatoms. The Morgan fingerprint density at radius 3 is 2.28 bits per heavy atom. The smallest absolute Gasteiger partial charge is 0.253 e. The van der Waals surface area contributed by atoms with Gasteiger partial charge in [0.05, 0.1) is 0 Å². The van der Waals surface area contributed by atoms with Gasteiger partial charge in [-0.25, -0.2) is 0 Å². The molecule has 2 amide bonds. The zero-order chi connectivity index (χ0) is 17.1. The summed E-state index contributed by atoms with van der Waals surface area (Å²) < 4.78 is 0. The average Bonchev–Trinajstić information content (AvgIpc) is 2.59. The standard InChI is InChI=1S/C19H27N3O2.ClH/c1-14(16-12-20-13-16)18(23)21(2)17-8-10-22(11-9-17)19(24)15-6-4-3-5-7-15;/h3-7,14,16-17,20H,8-13H2,1-2H3;1H. The Kier molecular flexibility index (Phi) is 6.85. The van der Waals surface area contributed by atoms with Crippen LogP contribution in [0.3, 0.4) is 0 Å². The Balaban J connectivity index is 0.00000225. The number of nitrogens with zero attached hydrogens (tertiary/aromatic N) is 2. The van der Waals surface area contributed by atoms with Gasteiger partial charge < -0.3 is 15.1 Å². The minimum absolute atomic E-state index is 0. The van der Waals surface area contributed by atoms with Gasteiger partial charge in [0.15, 0.2) is 0 Å². The summed E-state index contributed by atoms with van der Waals surface area (Å²) in [5.74, 6) is 0.895. The van der Waals surface area contributed by atoms with E-state index < -0.39 is 0 Å². The van der Waals surface area contributed by atoms with Crippen molar-refractivity contribution in [3.05, 3.63) is 35.9 Å². The van der Waals surface area contributed by atoms with Gasteiger partial charge >= 0.3 is 0 Å². The fourth-order valence-electron chi connectivity index (χ4n) is 3.59. The first-order chi connectivity index (χ1) is 11.6. The maximum atomic E-state index is 12.6. The summed E-state index contributed by atoms with van der Waals surface area (Å²) in [6, 6.07) is 9.67. The van der Waals surface area contributed by atoms with Gasteiger partial charge in [0.25, 0.3) is 5.91 Å². The predicted molar refractivity (Wildman–Crippen MR) is 101 cm³/mol. The van der Waals surface area contributed by atoms with Crippen LogP contribution in [0.15, 0.2) is 30.3 Å². The topological polar surface area (TPSA) is 52.7 Å². The molecule has 0 spiro atoms. The highest BCUT2D eigenvalue weighted by Crippen LogP contribution is 2.23. The fourth-order valence-corrected chi connectivity index (χ4v) is 3.59. The van der Waals surface area contributed by atoms with Crippen LogP contribution in [-0.4, -0.2) is 60.9 Å². The number of rotatable bonds is 4. The second-order valence-electron chi connectivity index (χ2n) is 7.05. The van der Waals surface area contributed by atoms with E-state index in [1.807, 2.05) is 54.1 Å². The van der Waals surface area contributed by atoms with Gasteiger partial charge in [-0.3, -0.25) is 9.59 Å². The fraction of sp³-hybridized carbons (Fsp3) is 0.579. The molecule has 2 heterocycles. The highest BCUT2D eigenvalue weighted by molar-refractivity contribution is 5.94. The zero-order valence-corrected chi connectivity index (χ0v) is 15.8. The van der Waals surface area contributed by atoms with Crippen LogP contribution in [0.2, 0.25) is 0 Å². The number of hydrogen-bond donors (Lipinski definition) is 1. The molecular weight excluding hydrogens is 338 g/mol. The minimum Gasteiger partial charge on any atom is -0.342 e. The van der Waals surface area contributed by atoms with Crippen molar-refractivity contribution in [2.24, 2.45) is 11.8 Å². The third-order valence-electron chi connectivity index (χ3n) is 5.58. The summed E-state index contributed by atoms with van der Waals surface area (Å²) >= 11 is 0. The Morgan fingerprint density at radius 1 is 1.16 bits per heavy atom. The van der Waals surface area contributed by atoms with E-state index in [2.05, 4.69) is 5.32 Å². The van der Waals surface area contributed by atoms with E-state index in [9.17, 15) is 9.59 Å². The van der Waals surface area contributed by atoms with Gasteiger partial charge in [-0.2, -0.15) is 0 Å². The quantitative estimate of drug-likeness (QED) is 0.888. The van der Waals surface area contributed by atoms with Gasteiger partial charge in [-0.1, -0.05) is 25.1 Å². The number of amides is 2. The molecule has 1 atom stereocenters. The largest absolute Gasteiger partial charge is 0.342 e. The molecule has 0 bridgehead atoms. The average molecular weight is 366 g/mol. The zero-order valence-electron chi connectivity index (χ0n) is 15.0. The Bertz CT molecular complexity index is 584. The van der Waals surface area contributed by atoms with E-state index in [0.29, 0.717) is 5.92 Å². The van der Waals surface area contributed by atoms with Crippen molar-refractivity contribution in [1.29, 1.82) is 0 Å². The van der Waals surface area contributed by atoms with Crippen molar-refractivity contribution in [1.82, 2.24) is 15.1 Å². The number of nitrogens with one attached hydrogen (secondary N) is 1. The van der Waals surface area contributed by atoms with Crippen molar-refractivity contribution in [2.45, 2.75) is 25.8 Å². The molecule has 0 aromatic heterocycles. The van der Waals surface area contributed by atoms with Gasteiger partial charge in [0.1, 0.15) is 0 Å². The van der Waals surface area contributed by atoms with Gasteiger partial charge in [0.2, 0.25) is 5.91 Å². The summed E-state index contributed by atoms with van der Waals surface area (Å²) in [5.41, 5.74) is 0.742. The number of carbonyl (C=O) groups is 2. The molecule has 2 fully saturated rings. The number of hydrogen-bond acceptors (Lipinski definition) is 3. The molecule has 0 radical (unpaired) electrons. The highest BCUT2D eigenvalue weighted by Gasteiger charge is 2.34. The van der Waals surface area contributed by atoms with Crippen LogP contribution >= 0.6 is 12.4 Å². The maximum Gasteiger partial charge on any atom is 0.253 e. The second kappa shape index (κ2) is 8.68. The van der Waals surface area contributed by atoms with E-state index >= 15 is 0 Å². The van der Waals surface area contributed by atoms with E-state index in [1.54, 1.807) is 0 Å². The highest BCUT2D eigenvalue weighted by atomic mass is 35.5. The molecule has 5 nitrogen and oxygen atoms in total. The lowest BCUT2D eigenvalue weighted by Crippen LogP contribution is -2.53. The number of likely N-dealkylation sites (tertiary alicyclic amines) is 1. The van der Waals surface area contributed by atoms with Crippen LogP contribution in [0, 0.1) is 11.8 Å². The van der Waals surface area contributed by atoms with Crippen molar-refractivity contribution in [3.8, 4) is 0 Å². The summed E-state index contributed by atoms with van der Waals surface area (Å²) in [6.07, 6.45) is 1.72. The first kappa shape index (κ1) is 19.7. The molecule has 2 aliphatic rings. The van der Waals surface area contributed by atoms with E-state index in [4.69, 9.17) is 0 Å². The molecule has 2 aliphatic heterocycles. The molecule has 1 N–H and O–H groups in total. The van der Waals surface area contributed by atoms with Crippen LogP contribution < -0.4 is 5.32 Å². The van der Waals surface area contributed by atoms with E-state index in [1.165, 1.54) is 0 Å². The molecule has 1 aromatic carbocycles. The Hall–Kier alpha value is -1.59. The molecule has 1 aromatic rings. The van der Waals surface area contributed by atoms with Gasteiger partial charge in [0, 0.05) is 37.7 Å². The van der Waals surface area contributed by atoms with E-state index in [0.717, 1.165) is 44.6 Å². The van der Waals surface area contributed by atoms with Crippen molar-refractivity contribution in [3.63, 3.8) is 0 Å². The second-order valence-corrected chi connectivity index (χ2v) is 7.05. The maximum absolute atomic E-state index is 12.6. The number of carbonyl (C=O) groups excluding carboxylic acids is 2. The molecule has 138 valence electrons. The Morgan fingerprint density at radius 2 is 1.76 bits per heavy atom. The third kappa shape index (κ3) is 4.33. The van der Waals surface area contributed by atoms with Gasteiger partial charge in [-0.15, -0.1) is 12.4 Å². The summed E-state index contributed by atoms with van der Waals surface area (Å²) in [4.78, 5) is 29.0. The number of halogens is 1. The Labute approximate surface area is 156 Å². The van der Waals surface area contributed by atoms with Crippen LogP contribution in [0.1, 0.15) is 30.1 Å². The summed E-state index contributed by atoms with van der Waals surface area (Å²) in [5, 5.41) is 3.23. The SMILES string of the molecule is CC(C(=O)N(C)C1CCN(C(=O)c2ccccc2)CC1)C1CNC1.Cl. The molecule has 0 saturated carbocycles. The third-order valence-corrected chi connectivity index (χ3v) is 5.58. The summed E-state index contributed by atoms with van der Waals surface area (Å²) in [6.45, 7) is 5.37. The van der Waals surface area contributed by atoms with E-state index in [-0.39, 0.29) is 36.2 Å². The normalized spacial score (nSPS) is 19.5. The van der Waals surface area contributed by atoms with Gasteiger partial charge in [-0.05, 0) is 44.0 Å². The first-order valence-electron chi connectivity index (χ1n) is 8.89. The predicted octanol–water partition coefficient (Wildman–Crippen LogP) is 2.03. The molecule has 2 saturated heterocycles. The van der Waals surface area contributed by atoms with Crippen molar-refractivity contribution < 1.29 is 9.59 Å². The van der Waals surface area contributed by atoms with Crippen LogP contribution in [0.4, 0.5) is 0 Å². The lowest BCUT2D eigenvalue weighted by Gasteiger charge is -2.40. The monoisotopic (exact) mass is 365 g/mol. The van der Waals surface area contributed by atoms with Crippen LogP contribution in [-0.2, 0) is 4.79 Å². The molecular formula is C19H28ClN3O2. The number of benzene rings is 1. The number of piperidine rings is 1. The van der Waals surface area contributed by atoms with Crippen LogP contribution in [0.5, 0.6) is 0 Å². The van der Waals surface area contributed by atoms with Crippen LogP contribution in [0.25, 0.3) is 0 Å². The lowest BCUT2D eigenvalue weighted by molar-refractivity contribution is -0.138. The first-order valence-corrected chi connectivity index (χ1v) is 8.89. The molecule has 3 rings (SSSR count). The lowest BCUT2D eigenvalue weighted by atomic mass is 9.87. The molecule has 25 heavy (non-hydrogen) atoms. The van der Waals surface area contributed by atoms with Crippen molar-refractivity contribution >= 4 is 24.2 Å².